The van der Waals surface area contributed by atoms with Gasteiger partial charge in [-0.2, -0.15) is 0 Å². The van der Waals surface area contributed by atoms with Crippen molar-refractivity contribution >= 4 is 31.1 Å². The van der Waals surface area contributed by atoms with Crippen molar-refractivity contribution in [2.24, 2.45) is 11.8 Å². The molecule has 6 fully saturated rings. The summed E-state index contributed by atoms with van der Waals surface area (Å²) in [6, 6.07) is -0.387. The van der Waals surface area contributed by atoms with Gasteiger partial charge in [-0.25, -0.2) is 0 Å². The monoisotopic (exact) mass is 1110 g/mol. The zero-order chi connectivity index (χ0) is 54.6. The van der Waals surface area contributed by atoms with Crippen molar-refractivity contribution in [2.75, 3.05) is 81.4 Å². The van der Waals surface area contributed by atoms with Crippen molar-refractivity contribution in [1.82, 2.24) is 0 Å². The van der Waals surface area contributed by atoms with E-state index >= 15 is 0 Å². The molecular formula is C45H84BO24P3-2. The summed E-state index contributed by atoms with van der Waals surface area (Å²) < 4.78 is 128. The van der Waals surface area contributed by atoms with Crippen LogP contribution in [0.4, 0.5) is 0 Å². The number of aliphatic hydroxyl groups excluding tert-OH is 2. The van der Waals surface area contributed by atoms with Crippen molar-refractivity contribution in [2.45, 2.75) is 197 Å². The number of rotatable bonds is 23. The lowest BCUT2D eigenvalue weighted by Crippen LogP contribution is -2.39. The molecule has 6 heterocycles. The molecule has 10 unspecified atom stereocenters. The van der Waals surface area contributed by atoms with Gasteiger partial charge in [-0.15, -0.1) is 0 Å². The fourth-order valence-corrected chi connectivity index (χ4v) is 12.3. The molecule has 24 nitrogen and oxygen atoms in total. The Hall–Kier alpha value is -0.0851. The molecule has 0 aliphatic carbocycles. The highest BCUT2D eigenvalue weighted by atomic mass is 31.2. The molecule has 6 aliphatic rings. The molecule has 0 amide bonds. The summed E-state index contributed by atoms with van der Waals surface area (Å²) in [6.07, 6.45) is -6.04. The van der Waals surface area contributed by atoms with Crippen LogP contribution < -0.4 is 9.79 Å². The highest BCUT2D eigenvalue weighted by Gasteiger charge is 2.47. The lowest BCUT2D eigenvalue weighted by Gasteiger charge is -2.33. The zero-order valence-electron chi connectivity index (χ0n) is 44.9. The molecule has 0 aromatic heterocycles. The van der Waals surface area contributed by atoms with E-state index in [1.807, 2.05) is 55.4 Å². The topological polar surface area (TPSA) is 295 Å². The van der Waals surface area contributed by atoms with Gasteiger partial charge < -0.3 is 99.2 Å². The van der Waals surface area contributed by atoms with E-state index in [-0.39, 0.29) is 106 Å². The van der Waals surface area contributed by atoms with Crippen molar-refractivity contribution in [1.29, 1.82) is 0 Å². The first-order valence-corrected chi connectivity index (χ1v) is 29.8. The predicted molar refractivity (Wildman–Crippen MR) is 258 cm³/mol. The van der Waals surface area contributed by atoms with Crippen molar-refractivity contribution in [3.63, 3.8) is 0 Å². The maximum absolute atomic E-state index is 12.4. The number of phosphoric ester groups is 2. The molecule has 73 heavy (non-hydrogen) atoms. The quantitative estimate of drug-likeness (QED) is 0.110. The van der Waals surface area contributed by atoms with Gasteiger partial charge in [-0.1, -0.05) is 13.8 Å². The second kappa shape index (κ2) is 29.4. The molecule has 2 radical (unpaired) electrons. The summed E-state index contributed by atoms with van der Waals surface area (Å²) in [7, 11) is -0.423. The summed E-state index contributed by atoms with van der Waals surface area (Å²) in [5, 5.41) is 19.4. The SMILES string of the molecule is COC[C@H]1O[C@@H](C)[C@@H](C)C1OP(=O)([O-])OC[C@H]1O[C@@H](C)[C@@H](C)C1OC.C[C@@H]1O[C@H](COC(C)(C)C)C(OP(=O)([O-])O[C@@H]2CCO[C@@H]2CO)[C@@H]1O.[B][C@H]1CC(OC)[C@@H](COP(C)(=O)OCC2OC(C)CC2OC)O1. The third kappa shape index (κ3) is 20.2. The van der Waals surface area contributed by atoms with Gasteiger partial charge in [0.05, 0.1) is 100 Å². The Morgan fingerprint density at radius 3 is 1.68 bits per heavy atom. The van der Waals surface area contributed by atoms with Crippen LogP contribution in [0.15, 0.2) is 0 Å². The smallest absolute Gasteiger partial charge is 0.327 e. The molecule has 23 atom stereocenters. The third-order valence-electron chi connectivity index (χ3n) is 13.5. The van der Waals surface area contributed by atoms with Crippen LogP contribution in [-0.4, -0.2) is 215 Å². The van der Waals surface area contributed by atoms with E-state index in [1.165, 1.54) is 13.8 Å². The lowest BCUT2D eigenvalue weighted by molar-refractivity contribution is -0.240. The van der Waals surface area contributed by atoms with E-state index < -0.39 is 83.8 Å². The van der Waals surface area contributed by atoms with Gasteiger partial charge in [-0.3, -0.25) is 13.7 Å². The Balaban J connectivity index is 0.000000238. The van der Waals surface area contributed by atoms with Gasteiger partial charge in [-0.05, 0) is 54.9 Å². The highest BCUT2D eigenvalue weighted by molar-refractivity contribution is 7.53. The summed E-state index contributed by atoms with van der Waals surface area (Å²) in [6.45, 7) is 18.7. The van der Waals surface area contributed by atoms with Crippen molar-refractivity contribution in [3.05, 3.63) is 0 Å². The average Bonchev–Trinajstić information content (AvgIpc) is 4.16. The van der Waals surface area contributed by atoms with Gasteiger partial charge in [0.2, 0.25) is 0 Å². The van der Waals surface area contributed by atoms with E-state index in [0.29, 0.717) is 19.4 Å². The van der Waals surface area contributed by atoms with Gasteiger partial charge in [0.15, 0.2) is 0 Å². The average molecular weight is 1110 g/mol. The molecule has 0 saturated carbocycles. The first kappa shape index (κ1) is 65.4. The second-order valence-corrected chi connectivity index (χ2v) is 25.1. The number of hydrogen-bond acceptors (Lipinski definition) is 24. The number of phosphoric acid groups is 2. The Kier molecular flexibility index (Phi) is 26.4. The maximum atomic E-state index is 12.4. The largest absolute Gasteiger partial charge is 0.756 e. The zero-order valence-corrected chi connectivity index (χ0v) is 47.6. The Labute approximate surface area is 433 Å². The molecule has 6 aliphatic heterocycles. The van der Waals surface area contributed by atoms with Crippen LogP contribution in [0.5, 0.6) is 0 Å². The van der Waals surface area contributed by atoms with Crippen LogP contribution in [0.3, 0.4) is 0 Å². The Morgan fingerprint density at radius 1 is 0.603 bits per heavy atom. The number of ether oxygens (including phenoxy) is 11. The van der Waals surface area contributed by atoms with Crippen LogP contribution in [0.2, 0.25) is 0 Å². The Morgan fingerprint density at radius 2 is 1.12 bits per heavy atom. The van der Waals surface area contributed by atoms with Gasteiger partial charge in [0, 0.05) is 72.4 Å². The predicted octanol–water partition coefficient (Wildman–Crippen LogP) is 2.67. The molecule has 6 rings (SSSR count). The Bertz CT molecular complexity index is 1740. The van der Waals surface area contributed by atoms with Crippen molar-refractivity contribution in [3.8, 4) is 0 Å². The molecular weight excluding hydrogens is 1030 g/mol. The maximum Gasteiger partial charge on any atom is 0.327 e. The molecule has 0 aromatic rings. The van der Waals surface area contributed by atoms with Crippen LogP contribution in [0.25, 0.3) is 0 Å². The molecule has 0 bridgehead atoms. The van der Waals surface area contributed by atoms with Crippen LogP contribution in [-0.2, 0) is 92.9 Å². The van der Waals surface area contributed by atoms with Crippen LogP contribution in [0.1, 0.15) is 81.6 Å². The molecule has 6 saturated heterocycles. The summed E-state index contributed by atoms with van der Waals surface area (Å²) in [5.41, 5.74) is -0.447. The fraction of sp³-hybridized carbons (Fsp3) is 1.00. The number of aliphatic hydroxyl groups is 2. The fourth-order valence-electron chi connectivity index (χ4n) is 9.16. The van der Waals surface area contributed by atoms with Gasteiger partial charge in [0.1, 0.15) is 56.7 Å². The standard InChI is InChI=1S/C16H31O8P.C15H29O9P.C14H26BO7P/c1-9-11(3)23-14(15(9)20-6)8-21-25(17,18)24-16-10(2)12(4)22-13(16)7-19-5;1-9-13(17)14(12(22-9)8-21-15(2,3)4)24-25(18,19)23-10-5-6-20-11(10)7-16;1-9-5-10(17-2)12(21-9)7-19-23(4,16)20-8-13-11(18-3)6-14(15)22-13/h9-16H,7-8H2,1-6H3,(H,17,18);9-14,16-17H,5-8H2,1-4H3,(H,18,19);9-14H,5-8H2,1-4H3/p-2/t9-,10-,11+,12+,13-,14-,15?,16?;9-,10+,11+,12+,13+,14?;9?,10?,11?,12?,13-,14-,23?/m101/s1. The minimum absolute atomic E-state index is 0.0271. The summed E-state index contributed by atoms with van der Waals surface area (Å²) >= 11 is 0. The first-order valence-electron chi connectivity index (χ1n) is 24.9. The molecule has 428 valence electrons. The van der Waals surface area contributed by atoms with E-state index in [2.05, 4.69) is 0 Å². The van der Waals surface area contributed by atoms with Gasteiger partial charge in [0.25, 0.3) is 15.6 Å². The van der Waals surface area contributed by atoms with E-state index in [4.69, 9.17) is 92.2 Å². The summed E-state index contributed by atoms with van der Waals surface area (Å²) in [4.78, 5) is 24.5. The molecule has 0 aromatic carbocycles. The first-order chi connectivity index (χ1) is 34.1. The van der Waals surface area contributed by atoms with Crippen LogP contribution >= 0.6 is 23.2 Å². The summed E-state index contributed by atoms with van der Waals surface area (Å²) in [5.74, 6) is 0.0567. The number of hydrogen-bond donors (Lipinski definition) is 2. The third-order valence-corrected chi connectivity index (χ3v) is 16.8. The normalized spacial score (nSPS) is 41.1. The van der Waals surface area contributed by atoms with Crippen LogP contribution in [0, 0.1) is 11.8 Å². The minimum atomic E-state index is -4.74. The number of methoxy groups -OCH3 is 4. The molecule has 2 N–H and O–H groups in total. The minimum Gasteiger partial charge on any atom is -0.756 e. The van der Waals surface area contributed by atoms with E-state index in [0.717, 1.165) is 6.42 Å². The molecule has 0 spiro atoms. The highest BCUT2D eigenvalue weighted by Crippen LogP contribution is 2.48. The molecule has 28 heteroatoms. The lowest BCUT2D eigenvalue weighted by atomic mass is 9.96. The van der Waals surface area contributed by atoms with Gasteiger partial charge >= 0.3 is 7.60 Å². The second-order valence-electron chi connectivity index (χ2n) is 20.4. The van der Waals surface area contributed by atoms with E-state index in [1.54, 1.807) is 28.3 Å². The van der Waals surface area contributed by atoms with E-state index in [9.17, 15) is 28.6 Å². The van der Waals surface area contributed by atoms with Crippen molar-refractivity contribution < 1.29 is 113 Å².